The third kappa shape index (κ3) is 2.67. The Morgan fingerprint density at radius 2 is 2.17 bits per heavy atom. The highest BCUT2D eigenvalue weighted by Crippen LogP contribution is 2.32. The van der Waals surface area contributed by atoms with Crippen molar-refractivity contribution in [3.8, 4) is 0 Å². The van der Waals surface area contributed by atoms with Gasteiger partial charge in [0.25, 0.3) is 11.1 Å². The van der Waals surface area contributed by atoms with Crippen LogP contribution in [-0.4, -0.2) is 22.6 Å². The van der Waals surface area contributed by atoms with Crippen LogP contribution in [-0.2, 0) is 4.79 Å². The number of rotatable bonds is 4. The van der Waals surface area contributed by atoms with Gasteiger partial charge < -0.3 is 4.42 Å². The maximum atomic E-state index is 12.0. The average Bonchev–Trinajstić information content (AvgIpc) is 2.84. The van der Waals surface area contributed by atoms with Crippen LogP contribution >= 0.6 is 11.8 Å². The molecule has 2 amide bonds. The molecule has 5 heteroatoms. The summed E-state index contributed by atoms with van der Waals surface area (Å²) >= 11 is 0.975. The minimum absolute atomic E-state index is 0.192. The van der Waals surface area contributed by atoms with Gasteiger partial charge in [-0.2, -0.15) is 0 Å². The minimum atomic E-state index is -0.215. The van der Waals surface area contributed by atoms with E-state index >= 15 is 0 Å². The highest BCUT2D eigenvalue weighted by atomic mass is 32.2. The van der Waals surface area contributed by atoms with Crippen molar-refractivity contribution in [2.24, 2.45) is 0 Å². The number of nitrogens with zero attached hydrogens (tertiary/aromatic N) is 1. The number of hydrogen-bond acceptors (Lipinski definition) is 4. The first kappa shape index (κ1) is 13.0. The summed E-state index contributed by atoms with van der Waals surface area (Å²) in [4.78, 5) is 25.4. The highest BCUT2D eigenvalue weighted by Gasteiger charge is 2.34. The quantitative estimate of drug-likeness (QED) is 0.783. The fourth-order valence-corrected chi connectivity index (χ4v) is 2.51. The molecule has 1 aliphatic rings. The predicted octanol–water partition coefficient (Wildman–Crippen LogP) is 3.42. The van der Waals surface area contributed by atoms with Crippen LogP contribution in [0.5, 0.6) is 0 Å². The molecule has 18 heavy (non-hydrogen) atoms. The van der Waals surface area contributed by atoms with Crippen LogP contribution in [0.3, 0.4) is 0 Å². The Morgan fingerprint density at radius 3 is 2.78 bits per heavy atom. The number of furan rings is 1. The first-order valence-electron chi connectivity index (χ1n) is 5.93. The molecule has 0 atom stereocenters. The molecule has 0 spiro atoms. The minimum Gasteiger partial charge on any atom is -0.462 e. The van der Waals surface area contributed by atoms with Crippen molar-refractivity contribution in [2.75, 3.05) is 6.54 Å². The van der Waals surface area contributed by atoms with Gasteiger partial charge in [0.05, 0.1) is 4.91 Å². The zero-order valence-corrected chi connectivity index (χ0v) is 11.3. The van der Waals surface area contributed by atoms with E-state index in [0.29, 0.717) is 17.2 Å². The SMILES string of the molecule is CCCCN1C(=O)SC(=Cc2ccc(C)o2)C1=O. The van der Waals surface area contributed by atoms with Crippen molar-refractivity contribution >= 4 is 29.0 Å². The van der Waals surface area contributed by atoms with Gasteiger partial charge in [0, 0.05) is 12.6 Å². The predicted molar refractivity (Wildman–Crippen MR) is 71.0 cm³/mol. The lowest BCUT2D eigenvalue weighted by atomic mass is 10.3. The Kier molecular flexibility index (Phi) is 3.91. The van der Waals surface area contributed by atoms with Crippen LogP contribution in [0, 0.1) is 6.92 Å². The number of aryl methyl sites for hydroxylation is 1. The van der Waals surface area contributed by atoms with E-state index in [-0.39, 0.29) is 11.1 Å². The summed E-state index contributed by atoms with van der Waals surface area (Å²) < 4.78 is 5.37. The number of carbonyl (C=O) groups excluding carboxylic acids is 2. The molecule has 1 aromatic rings. The van der Waals surface area contributed by atoms with E-state index in [4.69, 9.17) is 4.42 Å². The van der Waals surface area contributed by atoms with Crippen molar-refractivity contribution < 1.29 is 14.0 Å². The van der Waals surface area contributed by atoms with Crippen molar-refractivity contribution in [3.63, 3.8) is 0 Å². The molecule has 0 unspecified atom stereocenters. The lowest BCUT2D eigenvalue weighted by molar-refractivity contribution is -0.122. The van der Waals surface area contributed by atoms with Crippen molar-refractivity contribution in [3.05, 3.63) is 28.6 Å². The molecule has 0 aromatic carbocycles. The molecular weight excluding hydrogens is 250 g/mol. The Bertz CT molecular complexity index is 504. The monoisotopic (exact) mass is 265 g/mol. The number of imide groups is 1. The maximum absolute atomic E-state index is 12.0. The highest BCUT2D eigenvalue weighted by molar-refractivity contribution is 8.18. The molecule has 0 saturated carbocycles. The van der Waals surface area contributed by atoms with Gasteiger partial charge in [-0.05, 0) is 37.2 Å². The van der Waals surface area contributed by atoms with Crippen molar-refractivity contribution in [1.29, 1.82) is 0 Å². The Hall–Kier alpha value is -1.49. The van der Waals surface area contributed by atoms with E-state index in [1.807, 2.05) is 19.9 Å². The topological polar surface area (TPSA) is 50.5 Å². The number of thioether (sulfide) groups is 1. The molecule has 1 aliphatic heterocycles. The van der Waals surface area contributed by atoms with Crippen LogP contribution in [0.2, 0.25) is 0 Å². The fourth-order valence-electron chi connectivity index (χ4n) is 1.67. The van der Waals surface area contributed by atoms with Crippen LogP contribution < -0.4 is 0 Å². The summed E-state index contributed by atoms with van der Waals surface area (Å²) in [6.45, 7) is 4.36. The lowest BCUT2D eigenvalue weighted by Gasteiger charge is -2.10. The van der Waals surface area contributed by atoms with E-state index in [2.05, 4.69) is 0 Å². The van der Waals surface area contributed by atoms with Gasteiger partial charge in [0.15, 0.2) is 0 Å². The molecule has 0 N–H and O–H groups in total. The molecule has 2 rings (SSSR count). The summed E-state index contributed by atoms with van der Waals surface area (Å²) in [6.07, 6.45) is 3.42. The summed E-state index contributed by atoms with van der Waals surface area (Å²) in [5, 5.41) is -0.192. The number of hydrogen-bond donors (Lipinski definition) is 0. The van der Waals surface area contributed by atoms with Gasteiger partial charge in [-0.1, -0.05) is 13.3 Å². The third-order valence-corrected chi connectivity index (χ3v) is 3.55. The molecule has 1 fully saturated rings. The molecule has 4 nitrogen and oxygen atoms in total. The largest absolute Gasteiger partial charge is 0.462 e. The normalized spacial score (nSPS) is 18.1. The second-order valence-electron chi connectivity index (χ2n) is 4.14. The van der Waals surface area contributed by atoms with Crippen LogP contribution in [0.25, 0.3) is 6.08 Å². The number of amides is 2. The zero-order chi connectivity index (χ0) is 13.1. The average molecular weight is 265 g/mol. The Balaban J connectivity index is 2.14. The second-order valence-corrected chi connectivity index (χ2v) is 5.13. The van der Waals surface area contributed by atoms with E-state index in [1.165, 1.54) is 4.90 Å². The molecule has 1 saturated heterocycles. The van der Waals surface area contributed by atoms with E-state index in [9.17, 15) is 9.59 Å². The maximum Gasteiger partial charge on any atom is 0.293 e. The van der Waals surface area contributed by atoms with E-state index < -0.39 is 0 Å². The number of carbonyl (C=O) groups is 2. The van der Waals surface area contributed by atoms with E-state index in [0.717, 1.165) is 30.4 Å². The smallest absolute Gasteiger partial charge is 0.293 e. The summed E-state index contributed by atoms with van der Waals surface area (Å²) in [7, 11) is 0. The summed E-state index contributed by atoms with van der Waals surface area (Å²) in [5.41, 5.74) is 0. The first-order chi connectivity index (χ1) is 8.61. The third-order valence-electron chi connectivity index (χ3n) is 2.64. The van der Waals surface area contributed by atoms with Crippen LogP contribution in [0.15, 0.2) is 21.5 Å². The van der Waals surface area contributed by atoms with Gasteiger partial charge in [-0.25, -0.2) is 0 Å². The molecule has 96 valence electrons. The number of unbranched alkanes of at least 4 members (excludes halogenated alkanes) is 1. The molecular formula is C13H15NO3S. The first-order valence-corrected chi connectivity index (χ1v) is 6.75. The van der Waals surface area contributed by atoms with Gasteiger partial charge >= 0.3 is 0 Å². The summed E-state index contributed by atoms with van der Waals surface area (Å²) in [5.74, 6) is 1.17. The second kappa shape index (κ2) is 5.44. The summed E-state index contributed by atoms with van der Waals surface area (Å²) in [6, 6.07) is 3.61. The fraction of sp³-hybridized carbons (Fsp3) is 0.385. The van der Waals surface area contributed by atoms with Gasteiger partial charge in [-0.3, -0.25) is 14.5 Å². The van der Waals surface area contributed by atoms with E-state index in [1.54, 1.807) is 12.1 Å². The standard InChI is InChI=1S/C13H15NO3S/c1-3-4-7-14-12(15)11(18-13(14)16)8-10-6-5-9(2)17-10/h5-6,8H,3-4,7H2,1-2H3. The van der Waals surface area contributed by atoms with Crippen molar-refractivity contribution in [2.45, 2.75) is 26.7 Å². The molecule has 2 heterocycles. The lowest BCUT2D eigenvalue weighted by Crippen LogP contribution is -2.29. The van der Waals surface area contributed by atoms with Gasteiger partial charge in [0.1, 0.15) is 11.5 Å². The van der Waals surface area contributed by atoms with Crippen LogP contribution in [0.1, 0.15) is 31.3 Å². The van der Waals surface area contributed by atoms with Gasteiger partial charge in [-0.15, -0.1) is 0 Å². The zero-order valence-electron chi connectivity index (χ0n) is 10.4. The van der Waals surface area contributed by atoms with Crippen LogP contribution in [0.4, 0.5) is 4.79 Å². The molecule has 1 aromatic heterocycles. The molecule has 0 aliphatic carbocycles. The van der Waals surface area contributed by atoms with Crippen molar-refractivity contribution in [1.82, 2.24) is 4.90 Å². The molecule has 0 bridgehead atoms. The molecule has 0 radical (unpaired) electrons. The Morgan fingerprint density at radius 1 is 1.39 bits per heavy atom. The Labute approximate surface area is 110 Å². The van der Waals surface area contributed by atoms with Gasteiger partial charge in [0.2, 0.25) is 0 Å².